The predicted octanol–water partition coefficient (Wildman–Crippen LogP) is 2.79. The molecule has 4 N–H and O–H groups in total. The zero-order valence-electron chi connectivity index (χ0n) is 11.3. The minimum Gasteiger partial charge on any atom is -0.506 e. The Morgan fingerprint density at radius 1 is 1.43 bits per heavy atom. The molecule has 114 valence electrons. The van der Waals surface area contributed by atoms with E-state index in [0.29, 0.717) is 26.9 Å². The first-order valence-corrected chi connectivity index (χ1v) is 8.71. The van der Waals surface area contributed by atoms with Crippen LogP contribution in [0.15, 0.2) is 37.2 Å². The zero-order chi connectivity index (χ0) is 15.6. The van der Waals surface area contributed by atoms with Crippen LogP contribution in [0.25, 0.3) is 0 Å². The van der Waals surface area contributed by atoms with E-state index in [9.17, 15) is 10.2 Å². The summed E-state index contributed by atoms with van der Waals surface area (Å²) in [6.07, 6.45) is 0.641. The smallest absolute Gasteiger partial charge is 0.154 e. The Morgan fingerprint density at radius 2 is 2.05 bits per heavy atom. The maximum absolute atomic E-state index is 10.6. The summed E-state index contributed by atoms with van der Waals surface area (Å²) in [5.74, 6) is 1.59. The van der Waals surface area contributed by atoms with Crippen LogP contribution < -0.4 is 5.73 Å². The molecule has 1 fully saturated rings. The number of thioether (sulfide) groups is 1. The highest BCUT2D eigenvalue weighted by molar-refractivity contribution is 9.11. The largest absolute Gasteiger partial charge is 0.506 e. The van der Waals surface area contributed by atoms with Crippen molar-refractivity contribution < 1.29 is 10.2 Å². The van der Waals surface area contributed by atoms with Gasteiger partial charge in [-0.15, -0.1) is 11.8 Å². The average Bonchev–Trinajstić information content (AvgIpc) is 2.50. The van der Waals surface area contributed by atoms with Gasteiger partial charge < -0.3 is 20.8 Å². The lowest BCUT2D eigenvalue weighted by Gasteiger charge is -2.35. The lowest BCUT2D eigenvalue weighted by atomic mass is 10.1. The van der Waals surface area contributed by atoms with Crippen molar-refractivity contribution in [3.05, 3.63) is 37.7 Å². The van der Waals surface area contributed by atoms with E-state index in [4.69, 9.17) is 5.73 Å². The van der Waals surface area contributed by atoms with Gasteiger partial charge in [0.05, 0.1) is 13.9 Å². The Bertz CT molecular complexity index is 584. The second-order valence-corrected chi connectivity index (χ2v) is 7.17. The van der Waals surface area contributed by atoms with E-state index in [-0.39, 0.29) is 5.75 Å². The van der Waals surface area contributed by atoms with Crippen LogP contribution in [0.2, 0.25) is 0 Å². The van der Waals surface area contributed by atoms with Crippen molar-refractivity contribution >= 4 is 49.5 Å². The highest BCUT2D eigenvalue weighted by Crippen LogP contribution is 2.37. The van der Waals surface area contributed by atoms with Gasteiger partial charge in [0.15, 0.2) is 6.23 Å². The van der Waals surface area contributed by atoms with Crippen LogP contribution in [-0.4, -0.2) is 40.3 Å². The number of hydrogen-bond acceptors (Lipinski definition) is 5. The molecule has 1 atom stereocenters. The van der Waals surface area contributed by atoms with Gasteiger partial charge in [-0.25, -0.2) is 0 Å². The third-order valence-electron chi connectivity index (χ3n) is 3.08. The lowest BCUT2D eigenvalue weighted by molar-refractivity contribution is 0.0562. The first kappa shape index (κ1) is 16.7. The number of aliphatic imine (C=N–C) groups is 1. The monoisotopic (exact) mass is 435 g/mol. The number of halogens is 2. The Kier molecular flexibility index (Phi) is 5.59. The second kappa shape index (κ2) is 7.04. The van der Waals surface area contributed by atoms with Crippen molar-refractivity contribution in [1.82, 2.24) is 4.90 Å². The number of phenolic OH excluding ortho intramolecular Hbond substituents is 1. The van der Waals surface area contributed by atoms with E-state index >= 15 is 0 Å². The fourth-order valence-corrected chi connectivity index (χ4v) is 4.24. The van der Waals surface area contributed by atoms with Crippen molar-refractivity contribution in [2.75, 3.05) is 19.3 Å². The fourth-order valence-electron chi connectivity index (χ4n) is 2.08. The average molecular weight is 437 g/mol. The first-order valence-electron chi connectivity index (χ1n) is 6.14. The Hall–Kier alpha value is -0.700. The maximum atomic E-state index is 10.6. The molecule has 0 aromatic heterocycles. The fraction of sp³-hybridized carbons (Fsp3) is 0.308. The number of rotatable bonds is 2. The molecule has 0 spiro atoms. The number of benzene rings is 1. The maximum Gasteiger partial charge on any atom is 0.154 e. The third-order valence-corrected chi connectivity index (χ3v) is 5.30. The molecule has 21 heavy (non-hydrogen) atoms. The molecular formula is C13H15Br2N3O2S. The topological polar surface area (TPSA) is 82.1 Å². The summed E-state index contributed by atoms with van der Waals surface area (Å²) in [5.41, 5.74) is 6.27. The van der Waals surface area contributed by atoms with Crippen LogP contribution >= 0.6 is 43.6 Å². The molecule has 1 unspecified atom stereocenters. The molecular weight excluding hydrogens is 422 g/mol. The second-order valence-electron chi connectivity index (χ2n) is 4.33. The van der Waals surface area contributed by atoms with E-state index in [1.807, 2.05) is 0 Å². The highest BCUT2D eigenvalue weighted by Gasteiger charge is 2.28. The molecule has 8 heteroatoms. The lowest BCUT2D eigenvalue weighted by Crippen LogP contribution is -2.40. The van der Waals surface area contributed by atoms with Crippen LogP contribution in [-0.2, 0) is 0 Å². The zero-order valence-corrected chi connectivity index (χ0v) is 15.2. The molecule has 2 rings (SSSR count). The Balaban J connectivity index is 2.37. The molecule has 1 heterocycles. The van der Waals surface area contributed by atoms with Crippen molar-refractivity contribution in [1.29, 1.82) is 0 Å². The quantitative estimate of drug-likeness (QED) is 0.663. The van der Waals surface area contributed by atoms with Gasteiger partial charge in [-0.3, -0.25) is 4.99 Å². The van der Waals surface area contributed by atoms with Crippen LogP contribution in [0.1, 0.15) is 11.8 Å². The number of amidine groups is 1. The van der Waals surface area contributed by atoms with Gasteiger partial charge in [0.2, 0.25) is 0 Å². The van der Waals surface area contributed by atoms with Crippen LogP contribution in [0.5, 0.6) is 5.75 Å². The number of aliphatic hydroxyl groups excluding tert-OH is 1. The van der Waals surface area contributed by atoms with Crippen molar-refractivity contribution in [3.63, 3.8) is 0 Å². The van der Waals surface area contributed by atoms with E-state index in [0.717, 1.165) is 10.7 Å². The minimum absolute atomic E-state index is 0.104. The van der Waals surface area contributed by atoms with Crippen LogP contribution in [0.4, 0.5) is 0 Å². The van der Waals surface area contributed by atoms with E-state index < -0.39 is 6.23 Å². The van der Waals surface area contributed by atoms with Gasteiger partial charge in [-0.1, -0.05) is 0 Å². The molecule has 0 radical (unpaired) electrons. The summed E-state index contributed by atoms with van der Waals surface area (Å²) in [5, 5.41) is 20.4. The Labute approximate surface area is 144 Å². The molecule has 1 aromatic carbocycles. The molecule has 0 bridgehead atoms. The molecule has 0 aliphatic carbocycles. The predicted molar refractivity (Wildman–Crippen MR) is 93.3 cm³/mol. The molecule has 1 aromatic rings. The number of nitrogens with two attached hydrogens (primary N) is 1. The first-order chi connectivity index (χ1) is 9.99. The molecule has 1 aliphatic rings. The van der Waals surface area contributed by atoms with E-state index in [1.165, 1.54) is 6.20 Å². The molecule has 5 nitrogen and oxygen atoms in total. The summed E-state index contributed by atoms with van der Waals surface area (Å²) in [6, 6.07) is 3.37. The molecule has 0 saturated carbocycles. The van der Waals surface area contributed by atoms with Gasteiger partial charge in [0, 0.05) is 31.1 Å². The number of nitrogens with zero attached hydrogens (tertiary/aromatic N) is 2. The van der Waals surface area contributed by atoms with Gasteiger partial charge >= 0.3 is 0 Å². The standard InChI is InChI=1S/C13H15Br2N3O2S/c1-17-12-10(6-16)21-3-2-18(12)13(20)7-4-8(14)11(19)9(15)5-7/h4-6,13,19-20H,2-3,16H2,1H3. The summed E-state index contributed by atoms with van der Waals surface area (Å²) < 4.78 is 1.03. The number of phenols is 1. The third kappa shape index (κ3) is 3.39. The van der Waals surface area contributed by atoms with Gasteiger partial charge in [0.25, 0.3) is 0 Å². The van der Waals surface area contributed by atoms with Crippen molar-refractivity contribution in [2.45, 2.75) is 6.23 Å². The normalized spacial score (nSPS) is 21.0. The number of hydrogen-bond donors (Lipinski definition) is 3. The van der Waals surface area contributed by atoms with Crippen molar-refractivity contribution in [2.24, 2.45) is 10.7 Å². The number of aromatic hydroxyl groups is 1. The molecule has 0 amide bonds. The van der Waals surface area contributed by atoms with Crippen LogP contribution in [0.3, 0.4) is 0 Å². The SMILES string of the molecule is CN=C1C(=CN)SCCN1C(O)c1cc(Br)c(O)c(Br)c1. The number of aliphatic hydroxyl groups is 1. The summed E-state index contributed by atoms with van der Waals surface area (Å²) >= 11 is 8.16. The summed E-state index contributed by atoms with van der Waals surface area (Å²) in [6.45, 7) is 0.659. The Morgan fingerprint density at radius 3 is 2.57 bits per heavy atom. The van der Waals surface area contributed by atoms with E-state index in [2.05, 4.69) is 36.9 Å². The van der Waals surface area contributed by atoms with Crippen molar-refractivity contribution in [3.8, 4) is 5.75 Å². The molecule has 1 saturated heterocycles. The van der Waals surface area contributed by atoms with E-state index in [1.54, 1.807) is 35.8 Å². The summed E-state index contributed by atoms with van der Waals surface area (Å²) in [7, 11) is 1.67. The van der Waals surface area contributed by atoms with Gasteiger partial charge in [-0.05, 0) is 44.0 Å². The minimum atomic E-state index is -0.868. The summed E-state index contributed by atoms with van der Waals surface area (Å²) in [4.78, 5) is 6.87. The molecule has 1 aliphatic heterocycles. The van der Waals surface area contributed by atoms with Crippen LogP contribution in [0, 0.1) is 0 Å². The highest BCUT2D eigenvalue weighted by atomic mass is 79.9. The van der Waals surface area contributed by atoms with Gasteiger partial charge in [-0.2, -0.15) is 0 Å². The van der Waals surface area contributed by atoms with Gasteiger partial charge in [0.1, 0.15) is 11.6 Å².